The van der Waals surface area contributed by atoms with Crippen LogP contribution in [0.5, 0.6) is 5.75 Å². The number of amides is 1. The van der Waals surface area contributed by atoms with Crippen molar-refractivity contribution in [3.63, 3.8) is 0 Å². The van der Waals surface area contributed by atoms with E-state index in [1.807, 2.05) is 6.92 Å². The number of anilines is 2. The van der Waals surface area contributed by atoms with Crippen LogP contribution in [-0.4, -0.2) is 30.8 Å². The maximum Gasteiger partial charge on any atom is 0.221 e. The fourth-order valence-electron chi connectivity index (χ4n) is 1.41. The number of ether oxygens (including phenoxy) is 1. The van der Waals surface area contributed by atoms with Crippen LogP contribution in [0.4, 0.5) is 11.4 Å². The second-order valence-corrected chi connectivity index (χ2v) is 3.82. The van der Waals surface area contributed by atoms with Gasteiger partial charge in [-0.1, -0.05) is 0 Å². The maximum atomic E-state index is 11.0. The smallest absolute Gasteiger partial charge is 0.221 e. The Bertz CT molecular complexity index is 393. The Labute approximate surface area is 101 Å². The number of aliphatic hydroxyl groups is 1. The van der Waals surface area contributed by atoms with E-state index < -0.39 is 0 Å². The van der Waals surface area contributed by atoms with Crippen LogP contribution in [-0.2, 0) is 4.79 Å². The summed E-state index contributed by atoms with van der Waals surface area (Å²) < 4.78 is 5.19. The number of aliphatic hydroxyl groups excluding tert-OH is 1. The highest BCUT2D eigenvalue weighted by Crippen LogP contribution is 2.28. The van der Waals surface area contributed by atoms with E-state index in [0.29, 0.717) is 11.4 Å². The van der Waals surface area contributed by atoms with Crippen molar-refractivity contribution >= 4 is 17.3 Å². The molecule has 1 rings (SSSR count). The van der Waals surface area contributed by atoms with Crippen LogP contribution in [0, 0.1) is 0 Å². The molecule has 94 valence electrons. The van der Waals surface area contributed by atoms with Gasteiger partial charge in [0.05, 0.1) is 19.4 Å². The average molecular weight is 238 g/mol. The van der Waals surface area contributed by atoms with Gasteiger partial charge < -0.3 is 20.5 Å². The summed E-state index contributed by atoms with van der Waals surface area (Å²) in [4.78, 5) is 11.0. The zero-order valence-electron chi connectivity index (χ0n) is 10.3. The summed E-state index contributed by atoms with van der Waals surface area (Å²) in [5.74, 6) is 0.538. The summed E-state index contributed by atoms with van der Waals surface area (Å²) >= 11 is 0. The third kappa shape index (κ3) is 3.96. The molecule has 0 radical (unpaired) electrons. The van der Waals surface area contributed by atoms with Gasteiger partial charge in [0.25, 0.3) is 0 Å². The monoisotopic (exact) mass is 238 g/mol. The summed E-state index contributed by atoms with van der Waals surface area (Å²) in [6.07, 6.45) is 0. The second kappa shape index (κ2) is 6.10. The predicted molar refractivity (Wildman–Crippen MR) is 67.5 cm³/mol. The molecule has 5 heteroatoms. The molecule has 0 aromatic heterocycles. The molecule has 1 aromatic carbocycles. The van der Waals surface area contributed by atoms with Crippen molar-refractivity contribution in [2.24, 2.45) is 0 Å². The Kier molecular flexibility index (Phi) is 4.78. The van der Waals surface area contributed by atoms with E-state index in [2.05, 4.69) is 10.6 Å². The van der Waals surface area contributed by atoms with Gasteiger partial charge in [0.1, 0.15) is 5.75 Å². The lowest BCUT2D eigenvalue weighted by Crippen LogP contribution is -2.19. The lowest BCUT2D eigenvalue weighted by Gasteiger charge is -2.16. The van der Waals surface area contributed by atoms with Crippen molar-refractivity contribution in [3.8, 4) is 5.75 Å². The van der Waals surface area contributed by atoms with Crippen molar-refractivity contribution < 1.29 is 14.6 Å². The Morgan fingerprint density at radius 1 is 1.53 bits per heavy atom. The molecule has 0 aliphatic heterocycles. The number of hydrogen-bond acceptors (Lipinski definition) is 4. The molecule has 5 nitrogen and oxygen atoms in total. The van der Waals surface area contributed by atoms with E-state index >= 15 is 0 Å². The molecule has 0 saturated carbocycles. The van der Waals surface area contributed by atoms with Crippen molar-refractivity contribution in [1.29, 1.82) is 0 Å². The highest BCUT2D eigenvalue weighted by molar-refractivity contribution is 5.89. The van der Waals surface area contributed by atoms with Gasteiger partial charge >= 0.3 is 0 Å². The summed E-state index contributed by atoms with van der Waals surface area (Å²) in [6, 6.07) is 5.20. The molecule has 3 N–H and O–H groups in total. The Hall–Kier alpha value is -1.75. The molecule has 0 bridgehead atoms. The maximum absolute atomic E-state index is 11.0. The molecule has 1 atom stereocenters. The Balaban J connectivity index is 2.93. The van der Waals surface area contributed by atoms with Gasteiger partial charge in [0.2, 0.25) is 5.91 Å². The SMILES string of the molecule is COc1ccc(NC(C)=O)cc1NC(C)CO. The number of carbonyl (C=O) groups is 1. The number of rotatable bonds is 5. The molecule has 0 heterocycles. The van der Waals surface area contributed by atoms with Gasteiger partial charge in [0.15, 0.2) is 0 Å². The van der Waals surface area contributed by atoms with Crippen LogP contribution in [0.15, 0.2) is 18.2 Å². The molecule has 0 fully saturated rings. The summed E-state index contributed by atoms with van der Waals surface area (Å²) in [5.41, 5.74) is 1.42. The quantitative estimate of drug-likeness (QED) is 0.726. The summed E-state index contributed by atoms with van der Waals surface area (Å²) in [5, 5.41) is 14.8. The first-order valence-corrected chi connectivity index (χ1v) is 5.40. The third-order valence-electron chi connectivity index (χ3n) is 2.20. The number of carbonyl (C=O) groups excluding carboxylic acids is 1. The highest BCUT2D eigenvalue weighted by atomic mass is 16.5. The normalized spacial score (nSPS) is 11.8. The standard InChI is InChI=1S/C12H18N2O3/c1-8(7-15)13-11-6-10(14-9(2)16)4-5-12(11)17-3/h4-6,8,13,15H,7H2,1-3H3,(H,14,16). The molecule has 0 aliphatic rings. The lowest BCUT2D eigenvalue weighted by atomic mass is 10.2. The number of nitrogens with one attached hydrogen (secondary N) is 2. The van der Waals surface area contributed by atoms with Crippen molar-refractivity contribution in [2.45, 2.75) is 19.9 Å². The van der Waals surface area contributed by atoms with Gasteiger partial charge in [-0.3, -0.25) is 4.79 Å². The van der Waals surface area contributed by atoms with Crippen LogP contribution in [0.1, 0.15) is 13.8 Å². The van der Waals surface area contributed by atoms with E-state index in [1.54, 1.807) is 25.3 Å². The third-order valence-corrected chi connectivity index (χ3v) is 2.20. The minimum atomic E-state index is -0.128. The summed E-state index contributed by atoms with van der Waals surface area (Å²) in [7, 11) is 1.57. The van der Waals surface area contributed by atoms with Crippen LogP contribution in [0.3, 0.4) is 0 Å². The van der Waals surface area contributed by atoms with Crippen molar-refractivity contribution in [3.05, 3.63) is 18.2 Å². The van der Waals surface area contributed by atoms with Gasteiger partial charge in [-0.15, -0.1) is 0 Å². The van der Waals surface area contributed by atoms with E-state index in [1.165, 1.54) is 6.92 Å². The molecule has 1 aromatic rings. The largest absolute Gasteiger partial charge is 0.495 e. The molecule has 0 spiro atoms. The number of methoxy groups -OCH3 is 1. The molecule has 1 amide bonds. The average Bonchev–Trinajstić information content (AvgIpc) is 2.28. The van der Waals surface area contributed by atoms with Crippen LogP contribution < -0.4 is 15.4 Å². The molecule has 17 heavy (non-hydrogen) atoms. The minimum Gasteiger partial charge on any atom is -0.495 e. The Morgan fingerprint density at radius 2 is 2.24 bits per heavy atom. The number of benzene rings is 1. The molecular weight excluding hydrogens is 220 g/mol. The predicted octanol–water partition coefficient (Wildman–Crippen LogP) is 1.45. The first kappa shape index (κ1) is 13.3. The van der Waals surface area contributed by atoms with Crippen LogP contribution in [0.25, 0.3) is 0 Å². The second-order valence-electron chi connectivity index (χ2n) is 3.82. The first-order valence-electron chi connectivity index (χ1n) is 5.40. The first-order chi connectivity index (χ1) is 8.06. The minimum absolute atomic E-state index is 0.0213. The summed E-state index contributed by atoms with van der Waals surface area (Å²) in [6.45, 7) is 3.33. The van der Waals surface area contributed by atoms with Crippen LogP contribution in [0.2, 0.25) is 0 Å². The van der Waals surface area contributed by atoms with E-state index in [4.69, 9.17) is 9.84 Å². The van der Waals surface area contributed by atoms with E-state index in [-0.39, 0.29) is 18.6 Å². The van der Waals surface area contributed by atoms with Gasteiger partial charge in [-0.05, 0) is 25.1 Å². The molecule has 0 saturated heterocycles. The fraction of sp³-hybridized carbons (Fsp3) is 0.417. The van der Waals surface area contributed by atoms with E-state index in [9.17, 15) is 4.79 Å². The van der Waals surface area contributed by atoms with Gasteiger partial charge in [0, 0.05) is 18.7 Å². The lowest BCUT2D eigenvalue weighted by molar-refractivity contribution is -0.114. The highest BCUT2D eigenvalue weighted by Gasteiger charge is 2.07. The molecular formula is C12H18N2O3. The van der Waals surface area contributed by atoms with Gasteiger partial charge in [-0.2, -0.15) is 0 Å². The van der Waals surface area contributed by atoms with E-state index in [0.717, 1.165) is 5.69 Å². The molecule has 1 unspecified atom stereocenters. The zero-order chi connectivity index (χ0) is 12.8. The van der Waals surface area contributed by atoms with Crippen molar-refractivity contribution in [1.82, 2.24) is 0 Å². The zero-order valence-corrected chi connectivity index (χ0v) is 10.3. The van der Waals surface area contributed by atoms with Gasteiger partial charge in [-0.25, -0.2) is 0 Å². The molecule has 0 aliphatic carbocycles. The fourth-order valence-corrected chi connectivity index (χ4v) is 1.41. The topological polar surface area (TPSA) is 70.6 Å². The Morgan fingerprint density at radius 3 is 2.76 bits per heavy atom. The van der Waals surface area contributed by atoms with Crippen molar-refractivity contribution in [2.75, 3.05) is 24.4 Å². The van der Waals surface area contributed by atoms with Crippen LogP contribution >= 0.6 is 0 Å². The number of hydrogen-bond donors (Lipinski definition) is 3.